The maximum atomic E-state index is 2.49. The van der Waals surface area contributed by atoms with E-state index in [0.717, 1.165) is 0 Å². The fraction of sp³-hybridized carbons (Fsp3) is 0. The highest BCUT2D eigenvalue weighted by molar-refractivity contribution is 6.42. The van der Waals surface area contributed by atoms with Gasteiger partial charge >= 0.3 is 0 Å². The van der Waals surface area contributed by atoms with E-state index in [2.05, 4.69) is 170 Å². The van der Waals surface area contributed by atoms with Gasteiger partial charge in [-0.25, -0.2) is 0 Å². The van der Waals surface area contributed by atoms with Gasteiger partial charge in [0.1, 0.15) is 0 Å². The lowest BCUT2D eigenvalue weighted by Gasteiger charge is -2.19. The molecule has 0 heterocycles. The molecule has 11 aromatic carbocycles. The van der Waals surface area contributed by atoms with E-state index in [9.17, 15) is 0 Å². The summed E-state index contributed by atoms with van der Waals surface area (Å²) in [5.74, 6) is 0. The molecule has 0 saturated carbocycles. The molecule has 0 amide bonds. The molecule has 48 heavy (non-hydrogen) atoms. The van der Waals surface area contributed by atoms with Crippen molar-refractivity contribution in [1.29, 1.82) is 0 Å². The largest absolute Gasteiger partial charge is 0.0622 e. The van der Waals surface area contributed by atoms with Gasteiger partial charge in [-0.2, -0.15) is 0 Å². The van der Waals surface area contributed by atoms with Crippen molar-refractivity contribution < 1.29 is 0 Å². The monoisotopic (exact) mass is 604 g/mol. The van der Waals surface area contributed by atoms with Crippen LogP contribution in [-0.4, -0.2) is 0 Å². The number of rotatable bonds is 3. The van der Waals surface area contributed by atoms with Crippen molar-refractivity contribution in [2.75, 3.05) is 0 Å². The predicted octanol–water partition coefficient (Wildman–Crippen LogP) is 13.6. The summed E-state index contributed by atoms with van der Waals surface area (Å²) >= 11 is 0. The van der Waals surface area contributed by atoms with Gasteiger partial charge in [-0.1, -0.05) is 158 Å². The van der Waals surface area contributed by atoms with Crippen molar-refractivity contribution >= 4 is 75.4 Å². The van der Waals surface area contributed by atoms with E-state index in [0.29, 0.717) is 0 Å². The number of fused-ring (bicyclic) bond motifs is 9. The van der Waals surface area contributed by atoms with E-state index in [1.54, 1.807) is 0 Å². The van der Waals surface area contributed by atoms with Gasteiger partial charge in [0.25, 0.3) is 0 Å². The average Bonchev–Trinajstić information content (AvgIpc) is 3.67. The molecule has 0 heteroatoms. The molecule has 0 atom stereocenters. The average molecular weight is 605 g/mol. The molecule has 0 bridgehead atoms. The Labute approximate surface area is 277 Å². The molecule has 0 aliphatic carbocycles. The summed E-state index contributed by atoms with van der Waals surface area (Å²) in [5.41, 5.74) is 7.53. The zero-order chi connectivity index (χ0) is 31.3. The van der Waals surface area contributed by atoms with Gasteiger partial charge in [-0.15, -0.1) is 0 Å². The summed E-state index contributed by atoms with van der Waals surface area (Å²) in [4.78, 5) is 0. The Balaban J connectivity index is 1.34. The van der Waals surface area contributed by atoms with Crippen LogP contribution in [0.2, 0.25) is 0 Å². The Kier molecular flexibility index (Phi) is 5.20. The molecule has 11 rings (SSSR count). The van der Waals surface area contributed by atoms with Crippen LogP contribution in [0.5, 0.6) is 0 Å². The second-order valence-electron chi connectivity index (χ2n) is 13.1. The molecule has 0 saturated heterocycles. The standard InChI is InChI=1S/C48H28/c1-3-13-29(14-4-1)31-21-11-22-32(30-15-5-2-6-16-30)45(31)40-26-25-39-42-27-43-34-18-8-7-17-33(34)36-23-12-24-38(46(36)43)41(42)28-44-35-19-9-10-20-37(35)47(40)48(39)44/h1-28H. The van der Waals surface area contributed by atoms with Crippen LogP contribution in [0.4, 0.5) is 0 Å². The first-order chi connectivity index (χ1) is 23.8. The zero-order valence-corrected chi connectivity index (χ0v) is 26.2. The van der Waals surface area contributed by atoms with Crippen molar-refractivity contribution in [2.45, 2.75) is 0 Å². The van der Waals surface area contributed by atoms with Gasteiger partial charge in [-0.05, 0) is 121 Å². The third-order valence-electron chi connectivity index (χ3n) is 10.8. The highest BCUT2D eigenvalue weighted by Gasteiger charge is 2.23. The molecule has 0 fully saturated rings. The predicted molar refractivity (Wildman–Crippen MR) is 208 cm³/mol. The van der Waals surface area contributed by atoms with Gasteiger partial charge in [-0.3, -0.25) is 0 Å². The van der Waals surface area contributed by atoms with Crippen LogP contribution in [0.25, 0.3) is 109 Å². The second kappa shape index (κ2) is 9.64. The van der Waals surface area contributed by atoms with Crippen molar-refractivity contribution in [1.82, 2.24) is 0 Å². The van der Waals surface area contributed by atoms with Crippen LogP contribution < -0.4 is 0 Å². The fourth-order valence-electron chi connectivity index (χ4n) is 8.79. The Morgan fingerprint density at radius 2 is 0.625 bits per heavy atom. The number of hydrogen-bond acceptors (Lipinski definition) is 0. The third-order valence-corrected chi connectivity index (χ3v) is 10.8. The molecule has 0 aliphatic heterocycles. The Bertz CT molecular complexity index is 2970. The second-order valence-corrected chi connectivity index (χ2v) is 13.1. The molecule has 0 aliphatic rings. The minimum Gasteiger partial charge on any atom is -0.0622 e. The molecule has 0 radical (unpaired) electrons. The molecule has 11 aromatic rings. The summed E-state index contributed by atoms with van der Waals surface area (Å²) in [6, 6.07) is 63.1. The van der Waals surface area contributed by atoms with Gasteiger partial charge in [0.15, 0.2) is 0 Å². The van der Waals surface area contributed by atoms with E-state index in [1.165, 1.54) is 109 Å². The molecular weight excluding hydrogens is 577 g/mol. The molecule has 0 spiro atoms. The van der Waals surface area contributed by atoms with Crippen LogP contribution in [-0.2, 0) is 0 Å². The van der Waals surface area contributed by atoms with Crippen molar-refractivity contribution in [3.8, 4) is 33.4 Å². The summed E-state index contributed by atoms with van der Waals surface area (Å²) < 4.78 is 0. The topological polar surface area (TPSA) is 0 Å². The zero-order valence-electron chi connectivity index (χ0n) is 26.2. The number of benzene rings is 9. The molecule has 0 aromatic heterocycles. The minimum absolute atomic E-state index is 1.23. The van der Waals surface area contributed by atoms with Crippen LogP contribution in [0, 0.1) is 0 Å². The number of hydrogen-bond donors (Lipinski definition) is 0. The Morgan fingerprint density at radius 1 is 0.208 bits per heavy atom. The lowest BCUT2D eigenvalue weighted by molar-refractivity contribution is 1.58. The van der Waals surface area contributed by atoms with Crippen molar-refractivity contribution in [2.24, 2.45) is 0 Å². The maximum Gasteiger partial charge on any atom is -0.00137 e. The summed E-state index contributed by atoms with van der Waals surface area (Å²) in [7, 11) is 0. The lowest BCUT2D eigenvalue weighted by Crippen LogP contribution is -1.92. The summed E-state index contributed by atoms with van der Waals surface area (Å²) in [5, 5.41) is 18.7. The third kappa shape index (κ3) is 3.39. The van der Waals surface area contributed by atoms with Crippen LogP contribution >= 0.6 is 0 Å². The van der Waals surface area contributed by atoms with E-state index in [-0.39, 0.29) is 0 Å². The first-order valence-electron chi connectivity index (χ1n) is 16.8. The van der Waals surface area contributed by atoms with Gasteiger partial charge in [0.2, 0.25) is 0 Å². The van der Waals surface area contributed by atoms with E-state index in [1.807, 2.05) is 0 Å². The normalized spacial score (nSPS) is 12.2. The highest BCUT2D eigenvalue weighted by Crippen LogP contribution is 2.51. The first-order valence-corrected chi connectivity index (χ1v) is 16.8. The van der Waals surface area contributed by atoms with Crippen molar-refractivity contribution in [3.05, 3.63) is 170 Å². The Morgan fingerprint density at radius 3 is 1.25 bits per heavy atom. The molecule has 0 unspecified atom stereocenters. The fourth-order valence-corrected chi connectivity index (χ4v) is 8.79. The maximum absolute atomic E-state index is 2.49. The molecule has 0 nitrogen and oxygen atoms in total. The minimum atomic E-state index is 1.23. The van der Waals surface area contributed by atoms with Crippen LogP contribution in [0.1, 0.15) is 0 Å². The lowest BCUT2D eigenvalue weighted by atomic mass is 9.84. The Hall–Kier alpha value is -6.24. The van der Waals surface area contributed by atoms with Gasteiger partial charge < -0.3 is 0 Å². The summed E-state index contributed by atoms with van der Waals surface area (Å²) in [6.07, 6.45) is 0. The van der Waals surface area contributed by atoms with Gasteiger partial charge in [0, 0.05) is 0 Å². The van der Waals surface area contributed by atoms with E-state index in [4.69, 9.17) is 0 Å². The molecule has 220 valence electrons. The van der Waals surface area contributed by atoms with Crippen molar-refractivity contribution in [3.63, 3.8) is 0 Å². The molecule has 0 N–H and O–H groups in total. The smallest absolute Gasteiger partial charge is 0.00137 e. The molecular formula is C48H28. The summed E-state index contributed by atoms with van der Waals surface area (Å²) in [6.45, 7) is 0. The van der Waals surface area contributed by atoms with E-state index >= 15 is 0 Å². The SMILES string of the molecule is c1ccc(-c2cccc(-c3ccccc3)c2-c2ccc3c4cc5c6ccccc6c6cccc(c4cc4c7ccccc7c2c34)c65)cc1. The van der Waals surface area contributed by atoms with Crippen LogP contribution in [0.3, 0.4) is 0 Å². The van der Waals surface area contributed by atoms with Crippen LogP contribution in [0.15, 0.2) is 170 Å². The quantitative estimate of drug-likeness (QED) is 0.176. The highest BCUT2D eigenvalue weighted by atomic mass is 14.3. The first kappa shape index (κ1) is 25.9. The van der Waals surface area contributed by atoms with E-state index < -0.39 is 0 Å². The van der Waals surface area contributed by atoms with Gasteiger partial charge in [0.05, 0.1) is 0 Å².